The van der Waals surface area contributed by atoms with Crippen LogP contribution in [-0.2, 0) is 4.79 Å². The largest absolute Gasteiger partial charge is 0.368 e. The summed E-state index contributed by atoms with van der Waals surface area (Å²) in [7, 11) is 1.92. The molecule has 2 nitrogen and oxygen atoms in total. The third kappa shape index (κ3) is 1.48. The lowest BCUT2D eigenvalue weighted by molar-refractivity contribution is -0.104. The lowest BCUT2D eigenvalue weighted by Crippen LogP contribution is -2.38. The molecule has 2 rings (SSSR count). The molecule has 0 bridgehead atoms. The molecule has 0 fully saturated rings. The van der Waals surface area contributed by atoms with Crippen LogP contribution in [0.1, 0.15) is 0 Å². The number of hydrogen-bond donors (Lipinski definition) is 0. The van der Waals surface area contributed by atoms with Crippen molar-refractivity contribution in [2.24, 2.45) is 0 Å². The summed E-state index contributed by atoms with van der Waals surface area (Å²) in [5.74, 6) is 0. The van der Waals surface area contributed by atoms with Crippen molar-refractivity contribution in [3.63, 3.8) is 0 Å². The van der Waals surface area contributed by atoms with E-state index in [0.717, 1.165) is 33.4 Å². The molecule has 0 radical (unpaired) electrons. The third-order valence-electron chi connectivity index (χ3n) is 2.40. The van der Waals surface area contributed by atoms with E-state index in [1.54, 1.807) is 0 Å². The van der Waals surface area contributed by atoms with E-state index in [1.165, 1.54) is 0 Å². The van der Waals surface area contributed by atoms with E-state index in [2.05, 4.69) is 22.0 Å². The molecule has 3 heteroatoms. The van der Waals surface area contributed by atoms with Crippen LogP contribution in [0.3, 0.4) is 0 Å². The van der Waals surface area contributed by atoms with Gasteiger partial charge in [-0.1, -0.05) is 28.1 Å². The summed E-state index contributed by atoms with van der Waals surface area (Å²) in [6, 6.07) is 5.95. The van der Waals surface area contributed by atoms with Crippen molar-refractivity contribution < 1.29 is 4.79 Å². The molecule has 1 heterocycles. The monoisotopic (exact) mass is 251 g/mol. The maximum Gasteiger partial charge on any atom is 0.166 e. The number of hydrogen-bond acceptors (Lipinski definition) is 2. The summed E-state index contributed by atoms with van der Waals surface area (Å²) in [4.78, 5) is 12.9. The standard InChI is InChI=1S/C11H10BrNO/c1-13-5-4-8-6-9(12)2-3-10(8)11(13)7-14/h2-4,6-7H,5H2,1H3. The Hall–Kier alpha value is -1.09. The Morgan fingerprint density at radius 2 is 2.29 bits per heavy atom. The predicted octanol–water partition coefficient (Wildman–Crippen LogP) is 0.482. The average Bonchev–Trinajstić information content (AvgIpc) is 2.18. The highest BCUT2D eigenvalue weighted by molar-refractivity contribution is 9.10. The molecule has 1 aliphatic heterocycles. The fraction of sp³-hybridized carbons (Fsp3) is 0.182. The normalized spacial score (nSPS) is 14.7. The Labute approximate surface area is 90.7 Å². The van der Waals surface area contributed by atoms with E-state index in [9.17, 15) is 4.79 Å². The SMILES string of the molecule is CN1CC=c2cc(Br)ccc2=C1C=O. The van der Waals surface area contributed by atoms with Crippen LogP contribution in [0.2, 0.25) is 0 Å². The molecular formula is C11H10BrNO. The van der Waals surface area contributed by atoms with Gasteiger partial charge in [0.2, 0.25) is 0 Å². The predicted molar refractivity (Wildman–Crippen MR) is 60.0 cm³/mol. The van der Waals surface area contributed by atoms with Crippen molar-refractivity contribution in [3.05, 3.63) is 33.1 Å². The number of carbonyl (C=O) groups is 1. The minimum Gasteiger partial charge on any atom is -0.368 e. The first-order valence-electron chi connectivity index (χ1n) is 4.39. The summed E-state index contributed by atoms with van der Waals surface area (Å²) in [5, 5.41) is 2.14. The Morgan fingerprint density at radius 1 is 1.50 bits per heavy atom. The van der Waals surface area contributed by atoms with E-state index in [0.29, 0.717) is 0 Å². The minimum atomic E-state index is 0.759. The smallest absolute Gasteiger partial charge is 0.166 e. The van der Waals surface area contributed by atoms with Gasteiger partial charge < -0.3 is 4.90 Å². The zero-order chi connectivity index (χ0) is 10.1. The highest BCUT2D eigenvalue weighted by Gasteiger charge is 2.08. The van der Waals surface area contributed by atoms with Gasteiger partial charge in [0.15, 0.2) is 6.29 Å². The molecule has 72 valence electrons. The van der Waals surface area contributed by atoms with E-state index in [-0.39, 0.29) is 0 Å². The van der Waals surface area contributed by atoms with E-state index in [4.69, 9.17) is 0 Å². The molecule has 1 aromatic rings. The summed E-state index contributed by atoms with van der Waals surface area (Å²) in [5.41, 5.74) is 0.759. The summed E-state index contributed by atoms with van der Waals surface area (Å²) < 4.78 is 1.04. The van der Waals surface area contributed by atoms with Gasteiger partial charge in [-0.3, -0.25) is 4.79 Å². The second kappa shape index (κ2) is 3.58. The van der Waals surface area contributed by atoms with Crippen molar-refractivity contribution in [2.75, 3.05) is 13.6 Å². The molecule has 14 heavy (non-hydrogen) atoms. The highest BCUT2D eigenvalue weighted by Crippen LogP contribution is 2.05. The zero-order valence-corrected chi connectivity index (χ0v) is 9.41. The number of rotatable bonds is 1. The molecule has 0 atom stereocenters. The first-order chi connectivity index (χ1) is 6.72. The van der Waals surface area contributed by atoms with E-state index < -0.39 is 0 Å². The van der Waals surface area contributed by atoms with Gasteiger partial charge in [-0.2, -0.15) is 0 Å². The molecule has 0 unspecified atom stereocenters. The molecule has 0 saturated heterocycles. The molecule has 1 aromatic carbocycles. The van der Waals surface area contributed by atoms with Crippen molar-refractivity contribution in [1.82, 2.24) is 4.90 Å². The van der Waals surface area contributed by atoms with Crippen LogP contribution in [0, 0.1) is 0 Å². The maximum absolute atomic E-state index is 10.9. The average molecular weight is 252 g/mol. The Kier molecular flexibility index (Phi) is 2.42. The van der Waals surface area contributed by atoms with Crippen LogP contribution in [-0.4, -0.2) is 24.8 Å². The third-order valence-corrected chi connectivity index (χ3v) is 2.89. The Balaban J connectivity index is 2.84. The number of likely N-dealkylation sites (N-methyl/N-ethyl adjacent to an activating group) is 1. The maximum atomic E-state index is 10.9. The van der Waals surface area contributed by atoms with Crippen LogP contribution < -0.4 is 10.4 Å². The molecule has 0 saturated carbocycles. The molecule has 0 aromatic heterocycles. The fourth-order valence-electron chi connectivity index (χ4n) is 1.63. The van der Waals surface area contributed by atoms with Crippen molar-refractivity contribution in [3.8, 4) is 0 Å². The van der Waals surface area contributed by atoms with Crippen LogP contribution in [0.25, 0.3) is 11.8 Å². The molecule has 0 spiro atoms. The molecule has 0 aliphatic carbocycles. The summed E-state index contributed by atoms with van der Waals surface area (Å²) >= 11 is 3.42. The van der Waals surface area contributed by atoms with E-state index >= 15 is 0 Å². The van der Waals surface area contributed by atoms with Crippen molar-refractivity contribution in [2.45, 2.75) is 0 Å². The van der Waals surface area contributed by atoms with Crippen LogP contribution in [0.5, 0.6) is 0 Å². The van der Waals surface area contributed by atoms with Gasteiger partial charge in [-0.05, 0) is 17.4 Å². The number of halogens is 1. The fourth-order valence-corrected chi connectivity index (χ4v) is 2.01. The second-order valence-corrected chi connectivity index (χ2v) is 4.23. The lowest BCUT2D eigenvalue weighted by atomic mass is 10.1. The minimum absolute atomic E-state index is 0.759. The number of nitrogens with zero attached hydrogens (tertiary/aromatic N) is 1. The van der Waals surface area contributed by atoms with Gasteiger partial charge in [0.05, 0.1) is 5.70 Å². The highest BCUT2D eigenvalue weighted by atomic mass is 79.9. The van der Waals surface area contributed by atoms with Crippen LogP contribution in [0.4, 0.5) is 0 Å². The van der Waals surface area contributed by atoms with Gasteiger partial charge in [-0.15, -0.1) is 0 Å². The molecule has 0 N–H and O–H groups in total. The number of aldehydes is 1. The first kappa shape index (κ1) is 9.46. The quantitative estimate of drug-likeness (QED) is 0.678. The topological polar surface area (TPSA) is 20.3 Å². The lowest BCUT2D eigenvalue weighted by Gasteiger charge is -2.20. The number of fused-ring (bicyclic) bond motifs is 1. The number of benzene rings is 1. The summed E-state index contributed by atoms with van der Waals surface area (Å²) in [6.45, 7) is 0.789. The van der Waals surface area contributed by atoms with Crippen LogP contribution in [0.15, 0.2) is 22.7 Å². The van der Waals surface area contributed by atoms with Crippen LogP contribution >= 0.6 is 15.9 Å². The molecular weight excluding hydrogens is 242 g/mol. The molecule has 0 amide bonds. The molecule has 1 aliphatic rings. The van der Waals surface area contributed by atoms with Gasteiger partial charge in [-0.25, -0.2) is 0 Å². The summed E-state index contributed by atoms with van der Waals surface area (Å²) in [6.07, 6.45) is 3.03. The zero-order valence-electron chi connectivity index (χ0n) is 7.83. The Bertz CT molecular complexity index is 492. The first-order valence-corrected chi connectivity index (χ1v) is 5.18. The van der Waals surface area contributed by atoms with Gasteiger partial charge in [0, 0.05) is 23.3 Å². The second-order valence-electron chi connectivity index (χ2n) is 3.32. The van der Waals surface area contributed by atoms with Gasteiger partial charge in [0.25, 0.3) is 0 Å². The van der Waals surface area contributed by atoms with E-state index in [1.807, 2.05) is 30.1 Å². The van der Waals surface area contributed by atoms with Gasteiger partial charge >= 0.3 is 0 Å². The number of carbonyl (C=O) groups excluding carboxylic acids is 1. The Morgan fingerprint density at radius 3 is 3.00 bits per heavy atom. The van der Waals surface area contributed by atoms with Crippen molar-refractivity contribution >= 4 is 34.0 Å². The van der Waals surface area contributed by atoms with Crippen molar-refractivity contribution in [1.29, 1.82) is 0 Å². The van der Waals surface area contributed by atoms with Gasteiger partial charge in [0.1, 0.15) is 0 Å².